The number of carbonyl (C=O) groups is 2. The van der Waals surface area contributed by atoms with E-state index in [2.05, 4.69) is 86.8 Å². The smallest absolute Gasteiger partial charge is 0.462 e. The third-order valence-corrected chi connectivity index (χ3v) is 10.7. The average molecular weight is 893 g/mol. The summed E-state index contributed by atoms with van der Waals surface area (Å²) in [7, 11) is -5.15. The van der Waals surface area contributed by atoms with E-state index in [1.54, 1.807) is 0 Å². The number of phosphoric acid groups is 1. The first-order chi connectivity index (χ1) is 29.9. The van der Waals surface area contributed by atoms with Crippen molar-refractivity contribution in [3.63, 3.8) is 0 Å². The number of unbranched alkanes of at least 4 members (excludes halogenated alkanes) is 7. The summed E-state index contributed by atoms with van der Waals surface area (Å²) < 4.78 is 33.3. The van der Waals surface area contributed by atoms with E-state index in [4.69, 9.17) is 18.5 Å². The van der Waals surface area contributed by atoms with Gasteiger partial charge in [0.1, 0.15) is 43.2 Å². The van der Waals surface area contributed by atoms with Crippen molar-refractivity contribution < 1.29 is 63.1 Å². The zero-order valence-electron chi connectivity index (χ0n) is 37.1. The van der Waals surface area contributed by atoms with Crippen molar-refractivity contribution in [1.29, 1.82) is 0 Å². The van der Waals surface area contributed by atoms with Crippen LogP contribution in [0.25, 0.3) is 0 Å². The fourth-order valence-corrected chi connectivity index (χ4v) is 7.03. The van der Waals surface area contributed by atoms with Crippen LogP contribution in [0.4, 0.5) is 0 Å². The van der Waals surface area contributed by atoms with E-state index in [-0.39, 0.29) is 12.8 Å². The average Bonchev–Trinajstić information content (AvgIpc) is 3.25. The number of esters is 2. The van der Waals surface area contributed by atoms with Crippen LogP contribution < -0.4 is 0 Å². The summed E-state index contributed by atoms with van der Waals surface area (Å²) in [5.74, 6) is -1.26. The first-order valence-corrected chi connectivity index (χ1v) is 24.0. The zero-order valence-corrected chi connectivity index (χ0v) is 38.0. The Hall–Kier alpha value is -3.23. The van der Waals surface area contributed by atoms with Gasteiger partial charge in [0.25, 0.3) is 0 Å². The van der Waals surface area contributed by atoms with E-state index in [9.17, 15) is 44.6 Å². The molecule has 0 heterocycles. The van der Waals surface area contributed by atoms with Gasteiger partial charge in [-0.3, -0.25) is 18.6 Å². The van der Waals surface area contributed by atoms with E-state index < -0.39 is 75.7 Å². The fraction of sp³-hybridized carbons (Fsp3) is 0.625. The lowest BCUT2D eigenvalue weighted by molar-refractivity contribution is -0.220. The number of ether oxygens (including phenoxy) is 2. The van der Waals surface area contributed by atoms with Gasteiger partial charge in [-0.1, -0.05) is 143 Å². The van der Waals surface area contributed by atoms with Crippen molar-refractivity contribution in [3.8, 4) is 0 Å². The predicted molar refractivity (Wildman–Crippen MR) is 244 cm³/mol. The molecule has 0 bridgehead atoms. The molecule has 0 radical (unpaired) electrons. The number of aliphatic hydroxyl groups is 5. The Bertz CT molecular complexity index is 1450. The van der Waals surface area contributed by atoms with Gasteiger partial charge in [-0.25, -0.2) is 4.57 Å². The van der Waals surface area contributed by atoms with Crippen LogP contribution in [0, 0.1) is 0 Å². The molecule has 0 aromatic carbocycles. The molecule has 1 aliphatic carbocycles. The number of allylic oxidation sites excluding steroid dienone is 16. The summed E-state index contributed by atoms with van der Waals surface area (Å²) in [6.07, 6.45) is 36.3. The molecule has 0 spiro atoms. The monoisotopic (exact) mass is 893 g/mol. The minimum absolute atomic E-state index is 0.0276. The Morgan fingerprint density at radius 2 is 0.952 bits per heavy atom. The fourth-order valence-electron chi connectivity index (χ4n) is 6.06. The highest BCUT2D eigenvalue weighted by molar-refractivity contribution is 7.47. The van der Waals surface area contributed by atoms with Crippen molar-refractivity contribution in [3.05, 3.63) is 97.2 Å². The maximum absolute atomic E-state index is 12.8. The van der Waals surface area contributed by atoms with E-state index in [0.29, 0.717) is 19.3 Å². The quantitative estimate of drug-likeness (QED) is 0.0153. The SMILES string of the molecule is CC/C=C/C/C=C/C/C=C/C/C=C/C/C=C/C/C=C/CCCC(=O)OCC(COP(=O)(O)OC1C(O)C(O)C(O)[C@H](O)C1O)OC(=O)CC/C=C/C/C=C/CCCCCCCC. The van der Waals surface area contributed by atoms with Crippen molar-refractivity contribution in [2.75, 3.05) is 13.2 Å². The Balaban J connectivity index is 2.54. The lowest BCUT2D eigenvalue weighted by atomic mass is 9.85. The normalized spacial score (nSPS) is 22.8. The van der Waals surface area contributed by atoms with Crippen LogP contribution in [0.2, 0.25) is 0 Å². The van der Waals surface area contributed by atoms with Gasteiger partial charge in [0.2, 0.25) is 0 Å². The zero-order chi connectivity index (χ0) is 45.7. The number of hydrogen-bond donors (Lipinski definition) is 6. The van der Waals surface area contributed by atoms with Gasteiger partial charge < -0.3 is 39.9 Å². The molecule has 13 nitrogen and oxygen atoms in total. The van der Waals surface area contributed by atoms with E-state index in [0.717, 1.165) is 51.4 Å². The third kappa shape index (κ3) is 29.2. The summed E-state index contributed by atoms with van der Waals surface area (Å²) in [4.78, 5) is 35.6. The number of rotatable bonds is 35. The minimum Gasteiger partial charge on any atom is -0.462 e. The molecule has 352 valence electrons. The first-order valence-electron chi connectivity index (χ1n) is 22.5. The highest BCUT2D eigenvalue weighted by Crippen LogP contribution is 2.47. The molecule has 62 heavy (non-hydrogen) atoms. The van der Waals surface area contributed by atoms with Crippen LogP contribution in [0.5, 0.6) is 0 Å². The van der Waals surface area contributed by atoms with Crippen LogP contribution in [-0.4, -0.2) is 98.3 Å². The maximum atomic E-state index is 12.8. The summed E-state index contributed by atoms with van der Waals surface area (Å²) in [5, 5.41) is 50.1. The molecular formula is C48H77O13P. The van der Waals surface area contributed by atoms with Gasteiger partial charge in [0, 0.05) is 12.8 Å². The molecule has 1 fully saturated rings. The van der Waals surface area contributed by atoms with Crippen LogP contribution in [0.1, 0.15) is 136 Å². The minimum atomic E-state index is -5.15. The lowest BCUT2D eigenvalue weighted by Crippen LogP contribution is -2.64. The molecule has 0 aromatic heterocycles. The highest BCUT2D eigenvalue weighted by Gasteiger charge is 2.51. The molecule has 0 aliphatic heterocycles. The number of aliphatic hydroxyl groups excluding tert-OH is 5. The number of carbonyl (C=O) groups excluding carboxylic acids is 2. The van der Waals surface area contributed by atoms with Crippen LogP contribution >= 0.6 is 7.82 Å². The van der Waals surface area contributed by atoms with Gasteiger partial charge in [-0.2, -0.15) is 0 Å². The summed E-state index contributed by atoms with van der Waals surface area (Å²) in [5.41, 5.74) is 0. The standard InChI is InChI=1S/C48H77O13P/c1-3-5-7-9-11-13-15-17-18-19-20-21-22-23-25-26-28-30-32-34-36-41(49)58-38-40(39-59-62(56,57)61-48-46(54)44(52)43(51)45(53)47(48)55)60-42(50)37-35-33-31-29-27-24-16-14-12-10-8-6-4-2/h5,7,11,13,17-18,20-21,23-25,27-28,30-31,33,40,43-48,51-55H,3-4,6,8-10,12,14-16,19,22,26,29,32,34-39H2,1-2H3,(H,56,57)/b7-5+,13-11+,18-17+,21-20+,25-23+,27-24+,30-28+,33-31+/t40?,43?,44-,45?,46?,47?,48?/m0/s1. The topological polar surface area (TPSA) is 210 Å². The van der Waals surface area contributed by atoms with Gasteiger partial charge >= 0.3 is 19.8 Å². The van der Waals surface area contributed by atoms with E-state index in [1.807, 2.05) is 24.3 Å². The second-order valence-electron chi connectivity index (χ2n) is 15.2. The van der Waals surface area contributed by atoms with Crippen LogP contribution in [0.15, 0.2) is 97.2 Å². The Morgan fingerprint density at radius 1 is 0.516 bits per heavy atom. The molecular weight excluding hydrogens is 815 g/mol. The second-order valence-corrected chi connectivity index (χ2v) is 16.6. The molecule has 0 amide bonds. The van der Waals surface area contributed by atoms with Crippen LogP contribution in [-0.2, 0) is 32.7 Å². The lowest BCUT2D eigenvalue weighted by Gasteiger charge is -2.41. The number of hydrogen-bond acceptors (Lipinski definition) is 12. The molecule has 0 saturated heterocycles. The van der Waals surface area contributed by atoms with Crippen molar-refractivity contribution in [2.24, 2.45) is 0 Å². The molecule has 8 atom stereocenters. The van der Waals surface area contributed by atoms with Crippen LogP contribution in [0.3, 0.4) is 0 Å². The van der Waals surface area contributed by atoms with Crippen molar-refractivity contribution >= 4 is 19.8 Å². The van der Waals surface area contributed by atoms with Gasteiger partial charge in [-0.15, -0.1) is 0 Å². The Morgan fingerprint density at radius 3 is 1.47 bits per heavy atom. The molecule has 1 saturated carbocycles. The Kier molecular flexibility index (Phi) is 34.0. The second kappa shape index (κ2) is 37.2. The Labute approximate surface area is 370 Å². The van der Waals surface area contributed by atoms with Gasteiger partial charge in [0.05, 0.1) is 6.61 Å². The molecule has 6 N–H and O–H groups in total. The molecule has 1 rings (SSSR count). The molecule has 0 aromatic rings. The largest absolute Gasteiger partial charge is 0.472 e. The van der Waals surface area contributed by atoms with E-state index >= 15 is 0 Å². The summed E-state index contributed by atoms with van der Waals surface area (Å²) in [6, 6.07) is 0. The summed E-state index contributed by atoms with van der Waals surface area (Å²) >= 11 is 0. The molecule has 1 aliphatic rings. The molecule has 14 heteroatoms. The van der Waals surface area contributed by atoms with E-state index in [1.165, 1.54) is 38.5 Å². The first kappa shape index (κ1) is 56.8. The predicted octanol–water partition coefficient (Wildman–Crippen LogP) is 8.66. The summed E-state index contributed by atoms with van der Waals surface area (Å²) in [6.45, 7) is 3.05. The number of phosphoric ester groups is 1. The van der Waals surface area contributed by atoms with Crippen molar-refractivity contribution in [2.45, 2.75) is 179 Å². The highest BCUT2D eigenvalue weighted by atomic mass is 31.2. The molecule has 7 unspecified atom stereocenters. The van der Waals surface area contributed by atoms with Crippen molar-refractivity contribution in [1.82, 2.24) is 0 Å². The van der Waals surface area contributed by atoms with Gasteiger partial charge in [0.15, 0.2) is 6.10 Å². The maximum Gasteiger partial charge on any atom is 0.472 e. The third-order valence-electron chi connectivity index (χ3n) is 9.67. The van der Waals surface area contributed by atoms with Gasteiger partial charge in [-0.05, 0) is 77.0 Å².